The summed E-state index contributed by atoms with van der Waals surface area (Å²) in [6, 6.07) is 24.5. The van der Waals surface area contributed by atoms with Crippen molar-refractivity contribution < 1.29 is 4.79 Å². The van der Waals surface area contributed by atoms with Gasteiger partial charge >= 0.3 is 0 Å². The molecule has 1 fully saturated rings. The van der Waals surface area contributed by atoms with Gasteiger partial charge in [0.15, 0.2) is 5.13 Å². The molecule has 0 aliphatic carbocycles. The molecule has 4 nitrogen and oxygen atoms in total. The molecule has 6 rings (SSSR count). The molecule has 0 spiro atoms. The van der Waals surface area contributed by atoms with E-state index in [2.05, 4.69) is 48.4 Å². The predicted molar refractivity (Wildman–Crippen MR) is 131 cm³/mol. The third kappa shape index (κ3) is 3.30. The molecule has 1 aromatic heterocycles. The largest absolute Gasteiger partial charge is 0.334 e. The van der Waals surface area contributed by atoms with Crippen LogP contribution in [0.3, 0.4) is 0 Å². The van der Waals surface area contributed by atoms with E-state index >= 15 is 0 Å². The maximum atomic E-state index is 13.4. The fourth-order valence-electron chi connectivity index (χ4n) is 4.75. The molecule has 0 bridgehead atoms. The fraction of sp³-hybridized carbons (Fsp3) is 0.185. The highest BCUT2D eigenvalue weighted by molar-refractivity contribution is 7.22. The first-order valence-corrected chi connectivity index (χ1v) is 11.8. The molecular formula is C27H23N3OS. The predicted octanol–water partition coefficient (Wildman–Crippen LogP) is 5.75. The molecule has 158 valence electrons. The second-order valence-electron chi connectivity index (χ2n) is 8.62. The Morgan fingerprint density at radius 1 is 1.00 bits per heavy atom. The van der Waals surface area contributed by atoms with Gasteiger partial charge in [-0.2, -0.15) is 0 Å². The van der Waals surface area contributed by atoms with Crippen LogP contribution in [0.1, 0.15) is 15.9 Å². The molecule has 1 saturated heterocycles. The molecule has 32 heavy (non-hydrogen) atoms. The minimum absolute atomic E-state index is 0.113. The highest BCUT2D eigenvalue weighted by Gasteiger charge is 2.37. The Balaban J connectivity index is 1.24. The number of carbonyl (C=O) groups is 1. The number of hydrogen-bond donors (Lipinski definition) is 0. The molecule has 1 atom stereocenters. The average molecular weight is 438 g/mol. The van der Waals surface area contributed by atoms with Crippen LogP contribution in [0.15, 0.2) is 84.6 Å². The van der Waals surface area contributed by atoms with E-state index in [1.54, 1.807) is 11.3 Å². The summed E-state index contributed by atoms with van der Waals surface area (Å²) in [5, 5.41) is 1.04. The molecule has 3 aromatic carbocycles. The minimum Gasteiger partial charge on any atom is -0.334 e. The summed E-state index contributed by atoms with van der Waals surface area (Å²) < 4.78 is 1.23. The standard InChI is InChI=1S/C27H23N3OS/c1-18-11-12-24-25(13-18)32-27(28-24)30-16-20-14-29(15-21(20)17-30)26(31)23-10-6-5-9-22(23)19-7-3-2-4-8-19/h2-13,16,21H,14-15,17H2,1H3. The van der Waals surface area contributed by atoms with Crippen molar-refractivity contribution in [3.8, 4) is 11.1 Å². The van der Waals surface area contributed by atoms with Gasteiger partial charge in [0.1, 0.15) is 0 Å². The first-order valence-electron chi connectivity index (χ1n) is 10.9. The third-order valence-corrected chi connectivity index (χ3v) is 7.44. The van der Waals surface area contributed by atoms with Gasteiger partial charge in [0.05, 0.1) is 10.2 Å². The smallest absolute Gasteiger partial charge is 0.254 e. The van der Waals surface area contributed by atoms with Crippen molar-refractivity contribution in [2.45, 2.75) is 6.92 Å². The summed E-state index contributed by atoms with van der Waals surface area (Å²) in [7, 11) is 0. The number of benzene rings is 3. The second kappa shape index (κ2) is 7.61. The zero-order valence-corrected chi connectivity index (χ0v) is 18.7. The van der Waals surface area contributed by atoms with Crippen LogP contribution in [-0.4, -0.2) is 35.4 Å². The summed E-state index contributed by atoms with van der Waals surface area (Å²) in [6.45, 7) is 4.45. The van der Waals surface area contributed by atoms with Gasteiger partial charge in [0.2, 0.25) is 0 Å². The van der Waals surface area contributed by atoms with Gasteiger partial charge in [-0.15, -0.1) is 0 Å². The van der Waals surface area contributed by atoms with Crippen molar-refractivity contribution >= 4 is 32.6 Å². The first kappa shape index (κ1) is 19.3. The Kier molecular flexibility index (Phi) is 4.58. The molecule has 1 unspecified atom stereocenters. The van der Waals surface area contributed by atoms with Crippen molar-refractivity contribution in [3.05, 3.63) is 95.7 Å². The maximum Gasteiger partial charge on any atom is 0.254 e. The molecule has 1 amide bonds. The van der Waals surface area contributed by atoms with Crippen LogP contribution in [0.2, 0.25) is 0 Å². The van der Waals surface area contributed by atoms with Gasteiger partial charge in [-0.25, -0.2) is 4.98 Å². The van der Waals surface area contributed by atoms with Crippen molar-refractivity contribution in [3.63, 3.8) is 0 Å². The van der Waals surface area contributed by atoms with E-state index in [0.717, 1.165) is 40.4 Å². The van der Waals surface area contributed by atoms with E-state index in [4.69, 9.17) is 4.98 Å². The van der Waals surface area contributed by atoms with Crippen LogP contribution < -0.4 is 4.90 Å². The van der Waals surface area contributed by atoms with Crippen LogP contribution in [-0.2, 0) is 0 Å². The van der Waals surface area contributed by atoms with Gasteiger partial charge in [0.25, 0.3) is 5.91 Å². The highest BCUT2D eigenvalue weighted by atomic mass is 32.1. The SMILES string of the molecule is Cc1ccc2nc(N3C=C4CN(C(=O)c5ccccc5-c5ccccc5)CC4C3)sc2c1. The van der Waals surface area contributed by atoms with Gasteiger partial charge in [-0.05, 0) is 47.4 Å². The minimum atomic E-state index is 0.113. The van der Waals surface area contributed by atoms with E-state index in [0.29, 0.717) is 12.5 Å². The lowest BCUT2D eigenvalue weighted by molar-refractivity contribution is 0.0790. The Morgan fingerprint density at radius 3 is 2.66 bits per heavy atom. The summed E-state index contributed by atoms with van der Waals surface area (Å²) >= 11 is 1.74. The van der Waals surface area contributed by atoms with Crippen LogP contribution in [0.4, 0.5) is 5.13 Å². The number of anilines is 1. The number of thiazole rings is 1. The normalized spacial score (nSPS) is 17.7. The molecule has 0 N–H and O–H groups in total. The number of nitrogens with zero attached hydrogens (tertiary/aromatic N) is 3. The third-order valence-electron chi connectivity index (χ3n) is 6.39. The van der Waals surface area contributed by atoms with E-state index in [1.165, 1.54) is 15.8 Å². The van der Waals surface area contributed by atoms with Gasteiger partial charge in [0, 0.05) is 37.3 Å². The molecule has 5 heteroatoms. The number of likely N-dealkylation sites (tertiary alicyclic amines) is 1. The Hall–Kier alpha value is -3.44. The topological polar surface area (TPSA) is 36.4 Å². The summed E-state index contributed by atoms with van der Waals surface area (Å²) in [5.74, 6) is 0.485. The molecule has 0 saturated carbocycles. The number of carbonyl (C=O) groups excluding carboxylic acids is 1. The van der Waals surface area contributed by atoms with Crippen molar-refractivity contribution in [1.29, 1.82) is 0 Å². The van der Waals surface area contributed by atoms with E-state index in [-0.39, 0.29) is 5.91 Å². The first-order chi connectivity index (χ1) is 15.7. The van der Waals surface area contributed by atoms with Gasteiger partial charge in [-0.1, -0.05) is 65.9 Å². The molecular weight excluding hydrogens is 414 g/mol. The number of aromatic nitrogens is 1. The van der Waals surface area contributed by atoms with E-state index in [9.17, 15) is 4.79 Å². The number of hydrogen-bond acceptors (Lipinski definition) is 4. The lowest BCUT2D eigenvalue weighted by Crippen LogP contribution is -2.31. The van der Waals surface area contributed by atoms with Crippen LogP contribution in [0.25, 0.3) is 21.3 Å². The van der Waals surface area contributed by atoms with Crippen molar-refractivity contribution in [2.75, 3.05) is 24.5 Å². The molecule has 2 aliphatic heterocycles. The van der Waals surface area contributed by atoms with Crippen LogP contribution in [0.5, 0.6) is 0 Å². The lowest BCUT2D eigenvalue weighted by Gasteiger charge is -2.20. The average Bonchev–Trinajstić information content (AvgIpc) is 3.52. The molecule has 3 heterocycles. The van der Waals surface area contributed by atoms with Crippen molar-refractivity contribution in [2.24, 2.45) is 5.92 Å². The fourth-order valence-corrected chi connectivity index (χ4v) is 5.80. The number of aryl methyl sites for hydroxylation is 1. The van der Waals surface area contributed by atoms with E-state index < -0.39 is 0 Å². The van der Waals surface area contributed by atoms with Crippen molar-refractivity contribution in [1.82, 2.24) is 9.88 Å². The Morgan fingerprint density at radius 2 is 1.81 bits per heavy atom. The monoisotopic (exact) mass is 437 g/mol. The molecule has 2 aliphatic rings. The van der Waals surface area contributed by atoms with Crippen LogP contribution in [0, 0.1) is 12.8 Å². The number of fused-ring (bicyclic) bond motifs is 2. The Labute approximate surface area is 191 Å². The molecule has 4 aromatic rings. The molecule has 0 radical (unpaired) electrons. The van der Waals surface area contributed by atoms with Gasteiger partial charge < -0.3 is 9.80 Å². The summed E-state index contributed by atoms with van der Waals surface area (Å²) in [6.07, 6.45) is 2.21. The summed E-state index contributed by atoms with van der Waals surface area (Å²) in [4.78, 5) is 22.5. The zero-order valence-electron chi connectivity index (χ0n) is 17.9. The second-order valence-corrected chi connectivity index (χ2v) is 9.63. The zero-order chi connectivity index (χ0) is 21.7. The lowest BCUT2D eigenvalue weighted by atomic mass is 9.99. The van der Waals surface area contributed by atoms with E-state index in [1.807, 2.05) is 47.4 Å². The summed E-state index contributed by atoms with van der Waals surface area (Å²) in [5.41, 5.74) is 6.49. The maximum absolute atomic E-state index is 13.4. The number of amides is 1. The Bertz CT molecular complexity index is 1360. The quantitative estimate of drug-likeness (QED) is 0.410. The van der Waals surface area contributed by atoms with Crippen LogP contribution >= 0.6 is 11.3 Å². The van der Waals surface area contributed by atoms with Gasteiger partial charge in [-0.3, -0.25) is 4.79 Å². The highest BCUT2D eigenvalue weighted by Crippen LogP contribution is 2.37. The number of rotatable bonds is 3.